The van der Waals surface area contributed by atoms with E-state index in [-0.39, 0.29) is 0 Å². The standard InChI is InChI=1S/C16H26N2/c1-13(2)16-8-5-9-18(16)12-15-7-4-6-14(10-15)11-17-3/h4,6-7,10,13,16-17H,5,8-9,11-12H2,1-3H3. The minimum Gasteiger partial charge on any atom is -0.316 e. The number of likely N-dealkylation sites (tertiary alicyclic amines) is 1. The van der Waals surface area contributed by atoms with Crippen LogP contribution >= 0.6 is 0 Å². The lowest BCUT2D eigenvalue weighted by atomic mass is 10.0. The summed E-state index contributed by atoms with van der Waals surface area (Å²) in [5, 5.41) is 3.22. The maximum absolute atomic E-state index is 3.22. The lowest BCUT2D eigenvalue weighted by molar-refractivity contribution is 0.199. The quantitative estimate of drug-likeness (QED) is 0.859. The molecule has 1 heterocycles. The first-order valence-electron chi connectivity index (χ1n) is 7.17. The lowest BCUT2D eigenvalue weighted by Crippen LogP contribution is -2.32. The molecule has 2 rings (SSSR count). The Morgan fingerprint density at radius 1 is 1.33 bits per heavy atom. The molecule has 1 N–H and O–H groups in total. The van der Waals surface area contributed by atoms with Crippen molar-refractivity contribution in [1.82, 2.24) is 10.2 Å². The lowest BCUT2D eigenvalue weighted by Gasteiger charge is -2.27. The number of hydrogen-bond donors (Lipinski definition) is 1. The smallest absolute Gasteiger partial charge is 0.0236 e. The third kappa shape index (κ3) is 3.33. The van der Waals surface area contributed by atoms with E-state index in [0.29, 0.717) is 0 Å². The van der Waals surface area contributed by atoms with Crippen molar-refractivity contribution in [1.29, 1.82) is 0 Å². The molecule has 1 saturated heterocycles. The number of rotatable bonds is 5. The van der Waals surface area contributed by atoms with Gasteiger partial charge in [0.2, 0.25) is 0 Å². The highest BCUT2D eigenvalue weighted by atomic mass is 15.2. The van der Waals surface area contributed by atoms with Gasteiger partial charge in [-0.2, -0.15) is 0 Å². The fourth-order valence-electron chi connectivity index (χ4n) is 3.08. The third-order valence-corrected chi connectivity index (χ3v) is 3.94. The second-order valence-corrected chi connectivity index (χ2v) is 5.77. The van der Waals surface area contributed by atoms with Gasteiger partial charge in [-0.1, -0.05) is 38.1 Å². The van der Waals surface area contributed by atoms with Crippen LogP contribution in [0, 0.1) is 5.92 Å². The van der Waals surface area contributed by atoms with Crippen molar-refractivity contribution in [3.05, 3.63) is 35.4 Å². The van der Waals surface area contributed by atoms with Crippen LogP contribution in [0.15, 0.2) is 24.3 Å². The van der Waals surface area contributed by atoms with E-state index in [1.165, 1.54) is 30.5 Å². The van der Waals surface area contributed by atoms with Crippen LogP contribution in [0.3, 0.4) is 0 Å². The van der Waals surface area contributed by atoms with Gasteiger partial charge in [-0.25, -0.2) is 0 Å². The Bertz CT molecular complexity index is 373. The van der Waals surface area contributed by atoms with E-state index in [1.54, 1.807) is 0 Å². The molecule has 0 aliphatic carbocycles. The zero-order valence-electron chi connectivity index (χ0n) is 11.9. The first-order valence-corrected chi connectivity index (χ1v) is 7.17. The van der Waals surface area contributed by atoms with Crippen molar-refractivity contribution in [3.63, 3.8) is 0 Å². The molecule has 0 radical (unpaired) electrons. The fraction of sp³-hybridized carbons (Fsp3) is 0.625. The SMILES string of the molecule is CNCc1cccc(CN2CCCC2C(C)C)c1. The van der Waals surface area contributed by atoms with Crippen molar-refractivity contribution >= 4 is 0 Å². The summed E-state index contributed by atoms with van der Waals surface area (Å²) in [6.45, 7) is 8.03. The topological polar surface area (TPSA) is 15.3 Å². The van der Waals surface area contributed by atoms with Gasteiger partial charge in [-0.05, 0) is 43.5 Å². The molecule has 0 bridgehead atoms. The normalized spacial score (nSPS) is 20.8. The molecular weight excluding hydrogens is 220 g/mol. The molecule has 1 aliphatic rings. The van der Waals surface area contributed by atoms with Gasteiger partial charge in [0.1, 0.15) is 0 Å². The van der Waals surface area contributed by atoms with Gasteiger partial charge in [0.05, 0.1) is 0 Å². The van der Waals surface area contributed by atoms with E-state index < -0.39 is 0 Å². The van der Waals surface area contributed by atoms with Crippen LogP contribution in [0.1, 0.15) is 37.8 Å². The molecule has 1 fully saturated rings. The average molecular weight is 246 g/mol. The highest BCUT2D eigenvalue weighted by molar-refractivity contribution is 5.23. The number of benzene rings is 1. The molecule has 2 heteroatoms. The minimum atomic E-state index is 0.771. The maximum atomic E-state index is 3.22. The molecule has 1 aliphatic heterocycles. The van der Waals surface area contributed by atoms with Crippen LogP contribution in [-0.2, 0) is 13.1 Å². The largest absolute Gasteiger partial charge is 0.316 e. The molecule has 2 nitrogen and oxygen atoms in total. The first kappa shape index (κ1) is 13.6. The van der Waals surface area contributed by atoms with Gasteiger partial charge < -0.3 is 5.32 Å². The van der Waals surface area contributed by atoms with E-state index in [1.807, 2.05) is 7.05 Å². The van der Waals surface area contributed by atoms with E-state index in [9.17, 15) is 0 Å². The summed E-state index contributed by atoms with van der Waals surface area (Å²) in [6, 6.07) is 9.76. The van der Waals surface area contributed by atoms with Gasteiger partial charge in [-0.15, -0.1) is 0 Å². The molecule has 18 heavy (non-hydrogen) atoms. The zero-order chi connectivity index (χ0) is 13.0. The van der Waals surface area contributed by atoms with Crippen molar-refractivity contribution in [2.24, 2.45) is 5.92 Å². The summed E-state index contributed by atoms with van der Waals surface area (Å²) in [5.74, 6) is 0.771. The predicted molar refractivity (Wildman–Crippen MR) is 77.5 cm³/mol. The van der Waals surface area contributed by atoms with Crippen LogP contribution in [0.4, 0.5) is 0 Å². The Hall–Kier alpha value is -0.860. The summed E-state index contributed by atoms with van der Waals surface area (Å²) < 4.78 is 0. The molecule has 0 spiro atoms. The summed E-state index contributed by atoms with van der Waals surface area (Å²) in [5.41, 5.74) is 2.84. The highest BCUT2D eigenvalue weighted by Gasteiger charge is 2.26. The summed E-state index contributed by atoms with van der Waals surface area (Å²) in [4.78, 5) is 2.66. The van der Waals surface area contributed by atoms with E-state index in [4.69, 9.17) is 0 Å². The summed E-state index contributed by atoms with van der Waals surface area (Å²) in [6.07, 6.45) is 2.73. The molecule has 0 saturated carbocycles. The Morgan fingerprint density at radius 3 is 2.83 bits per heavy atom. The monoisotopic (exact) mass is 246 g/mol. The fourth-order valence-corrected chi connectivity index (χ4v) is 3.08. The predicted octanol–water partition coefficient (Wildman–Crippen LogP) is 3.03. The van der Waals surface area contributed by atoms with Crippen LogP contribution in [0.25, 0.3) is 0 Å². The molecule has 100 valence electrons. The van der Waals surface area contributed by atoms with Crippen LogP contribution < -0.4 is 5.32 Å². The highest BCUT2D eigenvalue weighted by Crippen LogP contribution is 2.25. The van der Waals surface area contributed by atoms with Crippen LogP contribution in [0.5, 0.6) is 0 Å². The van der Waals surface area contributed by atoms with Crippen molar-refractivity contribution in [2.75, 3.05) is 13.6 Å². The van der Waals surface area contributed by atoms with Gasteiger partial charge in [0, 0.05) is 19.1 Å². The number of hydrogen-bond acceptors (Lipinski definition) is 2. The Labute approximate surface area is 111 Å². The van der Waals surface area contributed by atoms with Crippen molar-refractivity contribution in [3.8, 4) is 0 Å². The molecule has 1 aromatic carbocycles. The second kappa shape index (κ2) is 6.35. The number of nitrogens with zero attached hydrogens (tertiary/aromatic N) is 1. The summed E-state index contributed by atoms with van der Waals surface area (Å²) >= 11 is 0. The maximum Gasteiger partial charge on any atom is 0.0236 e. The van der Waals surface area contributed by atoms with E-state index in [0.717, 1.165) is 25.0 Å². The molecule has 1 unspecified atom stereocenters. The first-order chi connectivity index (χ1) is 8.70. The van der Waals surface area contributed by atoms with Crippen molar-refractivity contribution < 1.29 is 0 Å². The van der Waals surface area contributed by atoms with E-state index in [2.05, 4.69) is 48.3 Å². The Kier molecular flexibility index (Phi) is 4.79. The second-order valence-electron chi connectivity index (χ2n) is 5.77. The van der Waals surface area contributed by atoms with Gasteiger partial charge in [0.15, 0.2) is 0 Å². The molecule has 0 aromatic heterocycles. The van der Waals surface area contributed by atoms with Crippen LogP contribution in [0.2, 0.25) is 0 Å². The van der Waals surface area contributed by atoms with Crippen molar-refractivity contribution in [2.45, 2.75) is 45.8 Å². The van der Waals surface area contributed by atoms with Gasteiger partial charge in [-0.3, -0.25) is 4.90 Å². The molecule has 1 atom stereocenters. The minimum absolute atomic E-state index is 0.771. The zero-order valence-corrected chi connectivity index (χ0v) is 11.9. The Morgan fingerprint density at radius 2 is 2.11 bits per heavy atom. The van der Waals surface area contributed by atoms with E-state index >= 15 is 0 Å². The average Bonchev–Trinajstić information content (AvgIpc) is 2.78. The third-order valence-electron chi connectivity index (χ3n) is 3.94. The number of nitrogens with one attached hydrogen (secondary N) is 1. The molecular formula is C16H26N2. The molecule has 1 aromatic rings. The van der Waals surface area contributed by atoms with Crippen LogP contribution in [-0.4, -0.2) is 24.5 Å². The van der Waals surface area contributed by atoms with Gasteiger partial charge >= 0.3 is 0 Å². The summed E-state index contributed by atoms with van der Waals surface area (Å²) in [7, 11) is 2.00. The molecule has 0 amide bonds. The van der Waals surface area contributed by atoms with Gasteiger partial charge in [0.25, 0.3) is 0 Å². The Balaban J connectivity index is 2.02.